The first kappa shape index (κ1) is 9.21. The van der Waals surface area contributed by atoms with Gasteiger partial charge in [0.1, 0.15) is 10.0 Å². The summed E-state index contributed by atoms with van der Waals surface area (Å²) in [6, 6.07) is 8.32. The molecule has 0 aliphatic heterocycles. The number of nitrogens with two attached hydrogens (primary N) is 1. The molecule has 0 radical (unpaired) electrons. The maximum atomic E-state index is 5.76. The first-order valence-electron chi connectivity index (χ1n) is 4.47. The van der Waals surface area contributed by atoms with Crippen LogP contribution in [-0.2, 0) is 0 Å². The summed E-state index contributed by atoms with van der Waals surface area (Å²) in [6.07, 6.45) is 0. The molecule has 2 rings (SSSR count). The molecular formula is C11H12N2S. The number of benzene rings is 1. The minimum absolute atomic E-state index is 0.806. The summed E-state index contributed by atoms with van der Waals surface area (Å²) in [7, 11) is 0. The Morgan fingerprint density at radius 2 is 1.79 bits per heavy atom. The van der Waals surface area contributed by atoms with Crippen LogP contribution in [0.5, 0.6) is 0 Å². The van der Waals surface area contributed by atoms with Crippen LogP contribution in [0.1, 0.15) is 11.3 Å². The van der Waals surface area contributed by atoms with Gasteiger partial charge in [-0.15, -0.1) is 0 Å². The molecule has 0 saturated heterocycles. The monoisotopic (exact) mass is 204 g/mol. The van der Waals surface area contributed by atoms with Crippen LogP contribution in [0.2, 0.25) is 0 Å². The number of thiazole rings is 1. The van der Waals surface area contributed by atoms with Gasteiger partial charge in [0.15, 0.2) is 0 Å². The molecule has 0 fully saturated rings. The van der Waals surface area contributed by atoms with Crippen LogP contribution in [-0.4, -0.2) is 4.98 Å². The van der Waals surface area contributed by atoms with E-state index in [1.807, 2.05) is 6.92 Å². The third-order valence-corrected chi connectivity index (χ3v) is 3.17. The van der Waals surface area contributed by atoms with Gasteiger partial charge in [-0.2, -0.15) is 0 Å². The zero-order valence-corrected chi connectivity index (χ0v) is 9.06. The molecule has 0 aliphatic carbocycles. The van der Waals surface area contributed by atoms with Crippen LogP contribution in [0, 0.1) is 13.8 Å². The predicted octanol–water partition coefficient (Wildman–Crippen LogP) is 3.01. The van der Waals surface area contributed by atoms with Gasteiger partial charge in [-0.05, 0) is 13.8 Å². The quantitative estimate of drug-likeness (QED) is 0.775. The highest BCUT2D eigenvalue weighted by Gasteiger charge is 2.05. The molecule has 1 aromatic heterocycles. The van der Waals surface area contributed by atoms with Crippen molar-refractivity contribution in [1.29, 1.82) is 0 Å². The number of anilines is 1. The summed E-state index contributed by atoms with van der Waals surface area (Å²) < 4.78 is 0. The standard InChI is InChI=1S/C11H12N2S/c1-7-3-5-9(6-4-7)11-13-8(2)10(12)14-11/h3-6H,12H2,1-2H3. The summed E-state index contributed by atoms with van der Waals surface area (Å²) >= 11 is 1.54. The maximum absolute atomic E-state index is 5.76. The van der Waals surface area contributed by atoms with Gasteiger partial charge < -0.3 is 5.73 Å². The van der Waals surface area contributed by atoms with Crippen molar-refractivity contribution in [2.45, 2.75) is 13.8 Å². The zero-order valence-electron chi connectivity index (χ0n) is 8.24. The Morgan fingerprint density at radius 3 is 2.29 bits per heavy atom. The minimum Gasteiger partial charge on any atom is -0.389 e. The first-order valence-corrected chi connectivity index (χ1v) is 5.28. The number of aryl methyl sites for hydroxylation is 2. The Kier molecular flexibility index (Phi) is 2.25. The maximum Gasteiger partial charge on any atom is 0.125 e. The molecule has 14 heavy (non-hydrogen) atoms. The van der Waals surface area contributed by atoms with Gasteiger partial charge in [0.25, 0.3) is 0 Å². The van der Waals surface area contributed by atoms with Gasteiger partial charge in [0.2, 0.25) is 0 Å². The highest BCUT2D eigenvalue weighted by molar-refractivity contribution is 7.18. The number of hydrogen-bond donors (Lipinski definition) is 1. The summed E-state index contributed by atoms with van der Waals surface area (Å²) in [4.78, 5) is 4.40. The topological polar surface area (TPSA) is 38.9 Å². The third kappa shape index (κ3) is 1.63. The SMILES string of the molecule is Cc1ccc(-c2nc(C)c(N)s2)cc1. The molecule has 0 aliphatic rings. The molecule has 72 valence electrons. The largest absolute Gasteiger partial charge is 0.389 e. The molecule has 0 bridgehead atoms. The molecular weight excluding hydrogens is 192 g/mol. The third-order valence-electron chi connectivity index (χ3n) is 2.13. The van der Waals surface area contributed by atoms with E-state index in [0.29, 0.717) is 0 Å². The lowest BCUT2D eigenvalue weighted by Crippen LogP contribution is -1.81. The van der Waals surface area contributed by atoms with Gasteiger partial charge in [0.05, 0.1) is 5.69 Å². The van der Waals surface area contributed by atoms with Crippen LogP contribution < -0.4 is 5.73 Å². The number of hydrogen-bond acceptors (Lipinski definition) is 3. The molecule has 1 aromatic carbocycles. The Hall–Kier alpha value is -1.35. The van der Waals surface area contributed by atoms with Crippen molar-refractivity contribution >= 4 is 16.3 Å². The van der Waals surface area contributed by atoms with Crippen molar-refractivity contribution in [3.05, 3.63) is 35.5 Å². The van der Waals surface area contributed by atoms with Crippen LogP contribution in [0.4, 0.5) is 5.00 Å². The second kappa shape index (κ2) is 3.42. The van der Waals surface area contributed by atoms with Crippen molar-refractivity contribution in [1.82, 2.24) is 4.98 Å². The van der Waals surface area contributed by atoms with E-state index in [2.05, 4.69) is 36.2 Å². The molecule has 0 amide bonds. The summed E-state index contributed by atoms with van der Waals surface area (Å²) in [5.41, 5.74) is 9.08. The zero-order chi connectivity index (χ0) is 10.1. The first-order chi connectivity index (χ1) is 6.66. The fourth-order valence-corrected chi connectivity index (χ4v) is 2.07. The molecule has 2 N–H and O–H groups in total. The molecule has 0 spiro atoms. The van der Waals surface area contributed by atoms with Crippen molar-refractivity contribution in [2.24, 2.45) is 0 Å². The second-order valence-corrected chi connectivity index (χ2v) is 4.37. The summed E-state index contributed by atoms with van der Waals surface area (Å²) in [5, 5.41) is 1.81. The smallest absolute Gasteiger partial charge is 0.125 e. The fraction of sp³-hybridized carbons (Fsp3) is 0.182. The van der Waals surface area contributed by atoms with E-state index in [9.17, 15) is 0 Å². The van der Waals surface area contributed by atoms with E-state index in [0.717, 1.165) is 21.3 Å². The lowest BCUT2D eigenvalue weighted by molar-refractivity contribution is 1.27. The summed E-state index contributed by atoms with van der Waals surface area (Å²) in [6.45, 7) is 4.01. The Bertz CT molecular complexity index is 423. The van der Waals surface area contributed by atoms with Gasteiger partial charge in [-0.3, -0.25) is 0 Å². The Labute approximate surface area is 87.4 Å². The van der Waals surface area contributed by atoms with Crippen LogP contribution in [0.15, 0.2) is 24.3 Å². The second-order valence-electron chi connectivity index (χ2n) is 3.33. The van der Waals surface area contributed by atoms with Crippen LogP contribution in [0.25, 0.3) is 10.6 Å². The lowest BCUT2D eigenvalue weighted by Gasteiger charge is -1.95. The van der Waals surface area contributed by atoms with Gasteiger partial charge >= 0.3 is 0 Å². The fourth-order valence-electron chi connectivity index (χ4n) is 1.23. The number of aromatic nitrogens is 1. The number of nitrogen functional groups attached to an aromatic ring is 1. The molecule has 0 atom stereocenters. The van der Waals surface area contributed by atoms with E-state index < -0.39 is 0 Å². The van der Waals surface area contributed by atoms with Gasteiger partial charge in [-0.25, -0.2) is 4.98 Å². The van der Waals surface area contributed by atoms with Gasteiger partial charge in [0, 0.05) is 5.56 Å². The average Bonchev–Trinajstić information content (AvgIpc) is 2.48. The number of rotatable bonds is 1. The predicted molar refractivity (Wildman–Crippen MR) is 61.4 cm³/mol. The van der Waals surface area contributed by atoms with Gasteiger partial charge in [-0.1, -0.05) is 41.2 Å². The van der Waals surface area contributed by atoms with E-state index >= 15 is 0 Å². The van der Waals surface area contributed by atoms with Crippen molar-refractivity contribution in [3.8, 4) is 10.6 Å². The summed E-state index contributed by atoms with van der Waals surface area (Å²) in [5.74, 6) is 0. The Balaban J connectivity index is 2.44. The highest BCUT2D eigenvalue weighted by Crippen LogP contribution is 2.29. The van der Waals surface area contributed by atoms with E-state index in [1.165, 1.54) is 16.9 Å². The van der Waals surface area contributed by atoms with Crippen molar-refractivity contribution < 1.29 is 0 Å². The molecule has 0 unspecified atom stereocenters. The molecule has 3 heteroatoms. The molecule has 0 saturated carbocycles. The normalized spacial score (nSPS) is 10.4. The minimum atomic E-state index is 0.806. The van der Waals surface area contributed by atoms with Crippen molar-refractivity contribution in [3.63, 3.8) is 0 Å². The highest BCUT2D eigenvalue weighted by atomic mass is 32.1. The molecule has 2 aromatic rings. The Morgan fingerprint density at radius 1 is 1.14 bits per heavy atom. The van der Waals surface area contributed by atoms with E-state index in [4.69, 9.17) is 5.73 Å². The average molecular weight is 204 g/mol. The van der Waals surface area contributed by atoms with E-state index in [1.54, 1.807) is 0 Å². The van der Waals surface area contributed by atoms with Crippen LogP contribution in [0.3, 0.4) is 0 Å². The molecule has 2 nitrogen and oxygen atoms in total. The van der Waals surface area contributed by atoms with Crippen molar-refractivity contribution in [2.75, 3.05) is 5.73 Å². The number of nitrogens with zero attached hydrogens (tertiary/aromatic N) is 1. The van der Waals surface area contributed by atoms with E-state index in [-0.39, 0.29) is 0 Å². The molecule has 1 heterocycles. The lowest BCUT2D eigenvalue weighted by atomic mass is 10.2. The van der Waals surface area contributed by atoms with Crippen LogP contribution >= 0.6 is 11.3 Å².